The molecule has 0 aromatic carbocycles. The van der Waals surface area contributed by atoms with E-state index in [2.05, 4.69) is 5.32 Å². The van der Waals surface area contributed by atoms with E-state index in [0.29, 0.717) is 0 Å². The van der Waals surface area contributed by atoms with E-state index in [1.807, 2.05) is 29.8 Å². The molecule has 1 aliphatic carbocycles. The molecule has 0 spiro atoms. The molecule has 0 atom stereocenters. The zero-order valence-electron chi connectivity index (χ0n) is 9.14. The number of aromatic nitrogens is 1. The molecule has 0 aliphatic heterocycles. The standard InChI is InChI=1S/C11H15F3N2/c1-2-16-7-3-4-9(16)8-15-10(5-6-10)11(12,13)14/h3-4,7,15H,2,5-6,8H2,1H3. The number of aryl methyl sites for hydroxylation is 1. The quantitative estimate of drug-likeness (QED) is 0.844. The van der Waals surface area contributed by atoms with Crippen LogP contribution in [0.5, 0.6) is 0 Å². The van der Waals surface area contributed by atoms with Crippen LogP contribution in [0, 0.1) is 0 Å². The molecule has 1 aromatic rings. The number of hydrogen-bond acceptors (Lipinski definition) is 1. The van der Waals surface area contributed by atoms with Gasteiger partial charge in [0.1, 0.15) is 5.54 Å². The van der Waals surface area contributed by atoms with Crippen molar-refractivity contribution in [2.45, 2.75) is 44.6 Å². The molecule has 90 valence electrons. The van der Waals surface area contributed by atoms with Crippen LogP contribution in [-0.2, 0) is 13.1 Å². The molecular formula is C11H15F3N2. The van der Waals surface area contributed by atoms with Crippen LogP contribution in [0.2, 0.25) is 0 Å². The fourth-order valence-corrected chi connectivity index (χ4v) is 1.86. The van der Waals surface area contributed by atoms with E-state index in [0.717, 1.165) is 12.2 Å². The van der Waals surface area contributed by atoms with Crippen molar-refractivity contribution in [3.8, 4) is 0 Å². The zero-order chi connectivity index (χ0) is 11.8. The van der Waals surface area contributed by atoms with Gasteiger partial charge in [-0.15, -0.1) is 0 Å². The van der Waals surface area contributed by atoms with E-state index < -0.39 is 11.7 Å². The van der Waals surface area contributed by atoms with Gasteiger partial charge in [-0.3, -0.25) is 5.32 Å². The summed E-state index contributed by atoms with van der Waals surface area (Å²) in [6.07, 6.45) is -1.85. The summed E-state index contributed by atoms with van der Waals surface area (Å²) in [4.78, 5) is 0. The fraction of sp³-hybridized carbons (Fsp3) is 0.636. The molecule has 0 unspecified atom stereocenters. The average molecular weight is 232 g/mol. The number of nitrogens with zero attached hydrogens (tertiary/aromatic N) is 1. The second-order valence-electron chi connectivity index (χ2n) is 4.22. The number of halogens is 3. The van der Waals surface area contributed by atoms with Gasteiger partial charge in [-0.05, 0) is 31.9 Å². The Balaban J connectivity index is 1.98. The van der Waals surface area contributed by atoms with Gasteiger partial charge in [0.25, 0.3) is 0 Å². The van der Waals surface area contributed by atoms with Gasteiger partial charge >= 0.3 is 6.18 Å². The monoisotopic (exact) mass is 232 g/mol. The molecule has 1 aliphatic rings. The van der Waals surface area contributed by atoms with E-state index in [4.69, 9.17) is 0 Å². The smallest absolute Gasteiger partial charge is 0.351 e. The number of hydrogen-bond donors (Lipinski definition) is 1. The Bertz CT molecular complexity index is 364. The second-order valence-corrected chi connectivity index (χ2v) is 4.22. The first-order chi connectivity index (χ1) is 7.48. The maximum atomic E-state index is 12.6. The number of rotatable bonds is 4. The maximum Gasteiger partial charge on any atom is 0.406 e. The highest BCUT2D eigenvalue weighted by molar-refractivity contribution is 5.12. The molecule has 5 heteroatoms. The topological polar surface area (TPSA) is 17.0 Å². The van der Waals surface area contributed by atoms with Crippen LogP contribution < -0.4 is 5.32 Å². The molecule has 0 radical (unpaired) electrons. The predicted octanol–water partition coefficient (Wildman–Crippen LogP) is 2.69. The van der Waals surface area contributed by atoms with Gasteiger partial charge in [-0.25, -0.2) is 0 Å². The van der Waals surface area contributed by atoms with Crippen molar-refractivity contribution in [3.63, 3.8) is 0 Å². The Kier molecular flexibility index (Phi) is 2.74. The highest BCUT2D eigenvalue weighted by Gasteiger charge is 2.62. The van der Waals surface area contributed by atoms with Crippen LogP contribution in [0.15, 0.2) is 18.3 Å². The van der Waals surface area contributed by atoms with Crippen molar-refractivity contribution in [1.29, 1.82) is 0 Å². The van der Waals surface area contributed by atoms with Crippen LogP contribution in [0.1, 0.15) is 25.5 Å². The van der Waals surface area contributed by atoms with Crippen molar-refractivity contribution in [1.82, 2.24) is 9.88 Å². The predicted molar refractivity (Wildman–Crippen MR) is 55.0 cm³/mol. The van der Waals surface area contributed by atoms with Gasteiger partial charge in [-0.1, -0.05) is 0 Å². The van der Waals surface area contributed by atoms with E-state index in [-0.39, 0.29) is 19.4 Å². The molecule has 2 nitrogen and oxygen atoms in total. The Hall–Kier alpha value is -0.970. The van der Waals surface area contributed by atoms with E-state index in [1.165, 1.54) is 0 Å². The van der Waals surface area contributed by atoms with Gasteiger partial charge in [0, 0.05) is 25.0 Å². The zero-order valence-corrected chi connectivity index (χ0v) is 9.14. The fourth-order valence-electron chi connectivity index (χ4n) is 1.86. The molecule has 1 heterocycles. The van der Waals surface area contributed by atoms with Gasteiger partial charge in [0.15, 0.2) is 0 Å². The molecule has 0 saturated heterocycles. The van der Waals surface area contributed by atoms with Gasteiger partial charge in [-0.2, -0.15) is 13.2 Å². The van der Waals surface area contributed by atoms with Crippen LogP contribution in [0.25, 0.3) is 0 Å². The lowest BCUT2D eigenvalue weighted by Gasteiger charge is -2.21. The first-order valence-electron chi connectivity index (χ1n) is 5.44. The summed E-state index contributed by atoms with van der Waals surface area (Å²) in [5, 5.41) is 2.64. The van der Waals surface area contributed by atoms with Gasteiger partial charge in [0.2, 0.25) is 0 Å². The van der Waals surface area contributed by atoms with Gasteiger partial charge < -0.3 is 4.57 Å². The summed E-state index contributed by atoms with van der Waals surface area (Å²) in [6.45, 7) is 3.03. The first kappa shape index (κ1) is 11.5. The third-order valence-corrected chi connectivity index (χ3v) is 3.16. The van der Waals surface area contributed by atoms with Crippen molar-refractivity contribution in [2.24, 2.45) is 0 Å². The lowest BCUT2D eigenvalue weighted by molar-refractivity contribution is -0.166. The molecular weight excluding hydrogens is 217 g/mol. The lowest BCUT2D eigenvalue weighted by atomic mass is 10.2. The van der Waals surface area contributed by atoms with Crippen LogP contribution >= 0.6 is 0 Å². The van der Waals surface area contributed by atoms with E-state index in [1.54, 1.807) is 0 Å². The second kappa shape index (κ2) is 3.80. The largest absolute Gasteiger partial charge is 0.406 e. The summed E-state index contributed by atoms with van der Waals surface area (Å²) in [7, 11) is 0. The first-order valence-corrected chi connectivity index (χ1v) is 5.44. The highest BCUT2D eigenvalue weighted by atomic mass is 19.4. The van der Waals surface area contributed by atoms with Gasteiger partial charge in [0.05, 0.1) is 0 Å². The summed E-state index contributed by atoms with van der Waals surface area (Å²) < 4.78 is 39.9. The Morgan fingerprint density at radius 1 is 1.44 bits per heavy atom. The highest BCUT2D eigenvalue weighted by Crippen LogP contribution is 2.49. The van der Waals surface area contributed by atoms with Crippen LogP contribution in [0.4, 0.5) is 13.2 Å². The minimum Gasteiger partial charge on any atom is -0.351 e. The molecule has 0 amide bonds. The van der Waals surface area contributed by atoms with Crippen molar-refractivity contribution < 1.29 is 13.2 Å². The molecule has 2 rings (SSSR count). The maximum absolute atomic E-state index is 12.6. The van der Waals surface area contributed by atoms with Crippen LogP contribution in [0.3, 0.4) is 0 Å². The Morgan fingerprint density at radius 2 is 2.12 bits per heavy atom. The number of alkyl halides is 3. The molecule has 1 aromatic heterocycles. The molecule has 1 fully saturated rings. The van der Waals surface area contributed by atoms with Crippen molar-refractivity contribution in [2.75, 3.05) is 0 Å². The normalized spacial score (nSPS) is 18.8. The number of nitrogens with one attached hydrogen (secondary N) is 1. The Labute approximate surface area is 92.4 Å². The molecule has 1 N–H and O–H groups in total. The Morgan fingerprint density at radius 3 is 2.62 bits per heavy atom. The van der Waals surface area contributed by atoms with Crippen LogP contribution in [-0.4, -0.2) is 16.3 Å². The lowest BCUT2D eigenvalue weighted by Crippen LogP contribution is -2.44. The molecule has 0 bridgehead atoms. The average Bonchev–Trinajstić information content (AvgIpc) is 2.88. The summed E-state index contributed by atoms with van der Waals surface area (Å²) in [5.74, 6) is 0. The third-order valence-electron chi connectivity index (χ3n) is 3.16. The van der Waals surface area contributed by atoms with E-state index >= 15 is 0 Å². The summed E-state index contributed by atoms with van der Waals surface area (Å²) >= 11 is 0. The SMILES string of the molecule is CCn1cccc1CNC1(C(F)(F)F)CC1. The van der Waals surface area contributed by atoms with Crippen molar-refractivity contribution in [3.05, 3.63) is 24.0 Å². The summed E-state index contributed by atoms with van der Waals surface area (Å²) in [5.41, 5.74) is -0.714. The summed E-state index contributed by atoms with van der Waals surface area (Å²) in [6, 6.07) is 3.70. The van der Waals surface area contributed by atoms with E-state index in [9.17, 15) is 13.2 Å². The molecule has 1 saturated carbocycles. The third kappa shape index (κ3) is 1.96. The minimum absolute atomic E-state index is 0.198. The minimum atomic E-state index is -4.13. The van der Waals surface area contributed by atoms with Crippen molar-refractivity contribution >= 4 is 0 Å². The molecule has 16 heavy (non-hydrogen) atoms.